The molecule has 3 heterocycles. The molecule has 32 heavy (non-hydrogen) atoms. The zero-order chi connectivity index (χ0) is 23.1. The number of aliphatic carboxylic acids is 2. The lowest BCUT2D eigenvalue weighted by atomic mass is 10.1. The third-order valence-corrected chi connectivity index (χ3v) is 5.11. The van der Waals surface area contributed by atoms with Crippen molar-refractivity contribution in [3.8, 4) is 11.5 Å². The second-order valence-electron chi connectivity index (χ2n) is 7.31. The number of hydrogen-bond donors (Lipinski definition) is 2. The average molecular weight is 439 g/mol. The molecule has 0 saturated carbocycles. The highest BCUT2D eigenvalue weighted by molar-refractivity contribution is 6.27. The van der Waals surface area contributed by atoms with Gasteiger partial charge in [-0.1, -0.05) is 23.8 Å². The lowest BCUT2D eigenvalue weighted by Gasteiger charge is -2.37. The highest BCUT2D eigenvalue weighted by atomic mass is 16.4. The standard InChI is InChI=1S/C20H23N5O.C2H2O4/c1-15-6-8-17(9-7-15)20-23-22-19(26-20)16(2)24-11-13-25(14-12-24)18-5-3-4-10-21-18;3-1(4)2(5)6/h3-10,16H,11-14H2,1-2H3;(H,3,4)(H,5,6). The summed E-state index contributed by atoms with van der Waals surface area (Å²) in [6.07, 6.45) is 1.84. The fourth-order valence-electron chi connectivity index (χ4n) is 3.25. The summed E-state index contributed by atoms with van der Waals surface area (Å²) < 4.78 is 5.95. The van der Waals surface area contributed by atoms with E-state index in [4.69, 9.17) is 24.2 Å². The molecule has 0 amide bonds. The van der Waals surface area contributed by atoms with Gasteiger partial charge in [0.15, 0.2) is 0 Å². The Balaban J connectivity index is 0.000000427. The van der Waals surface area contributed by atoms with Crippen LogP contribution in [0, 0.1) is 6.92 Å². The van der Waals surface area contributed by atoms with Crippen LogP contribution in [-0.4, -0.2) is 68.4 Å². The summed E-state index contributed by atoms with van der Waals surface area (Å²) in [6.45, 7) is 7.97. The monoisotopic (exact) mass is 439 g/mol. The molecule has 10 nitrogen and oxygen atoms in total. The Morgan fingerprint density at radius 3 is 2.19 bits per heavy atom. The topological polar surface area (TPSA) is 133 Å². The molecule has 1 aliphatic heterocycles. The SMILES string of the molecule is Cc1ccc(-c2nnc(C(C)N3CCN(c4ccccn4)CC3)o2)cc1.O=C(O)C(=O)O. The molecule has 168 valence electrons. The van der Waals surface area contributed by atoms with E-state index >= 15 is 0 Å². The van der Waals surface area contributed by atoms with E-state index in [9.17, 15) is 0 Å². The molecular weight excluding hydrogens is 414 g/mol. The molecule has 0 spiro atoms. The third-order valence-electron chi connectivity index (χ3n) is 5.11. The van der Waals surface area contributed by atoms with E-state index < -0.39 is 11.9 Å². The highest BCUT2D eigenvalue weighted by Crippen LogP contribution is 2.25. The summed E-state index contributed by atoms with van der Waals surface area (Å²) in [5.41, 5.74) is 2.18. The number of pyridine rings is 1. The predicted molar refractivity (Wildman–Crippen MR) is 116 cm³/mol. The van der Waals surface area contributed by atoms with E-state index in [1.165, 1.54) is 5.56 Å². The molecule has 3 aromatic rings. The molecule has 0 aliphatic carbocycles. The van der Waals surface area contributed by atoms with Crippen molar-refractivity contribution in [1.82, 2.24) is 20.1 Å². The van der Waals surface area contributed by atoms with Crippen LogP contribution in [0.15, 0.2) is 53.1 Å². The lowest BCUT2D eigenvalue weighted by Crippen LogP contribution is -2.47. The van der Waals surface area contributed by atoms with Gasteiger partial charge in [0.25, 0.3) is 0 Å². The Bertz CT molecular complexity index is 1020. The molecule has 1 saturated heterocycles. The Kier molecular flexibility index (Phi) is 7.50. The van der Waals surface area contributed by atoms with Crippen LogP contribution in [-0.2, 0) is 9.59 Å². The number of piperazine rings is 1. The van der Waals surface area contributed by atoms with Crippen molar-refractivity contribution >= 4 is 17.8 Å². The van der Waals surface area contributed by atoms with Crippen molar-refractivity contribution < 1.29 is 24.2 Å². The van der Waals surface area contributed by atoms with Gasteiger partial charge in [-0.05, 0) is 38.1 Å². The maximum Gasteiger partial charge on any atom is 0.414 e. The summed E-state index contributed by atoms with van der Waals surface area (Å²) >= 11 is 0. The van der Waals surface area contributed by atoms with E-state index in [0.717, 1.165) is 37.6 Å². The number of hydrogen-bond acceptors (Lipinski definition) is 8. The summed E-state index contributed by atoms with van der Waals surface area (Å²) in [7, 11) is 0. The first-order valence-electron chi connectivity index (χ1n) is 10.1. The normalized spacial score (nSPS) is 14.9. The van der Waals surface area contributed by atoms with Crippen LogP contribution in [0.1, 0.15) is 24.4 Å². The van der Waals surface area contributed by atoms with E-state index in [0.29, 0.717) is 11.8 Å². The second-order valence-corrected chi connectivity index (χ2v) is 7.31. The number of aryl methyl sites for hydroxylation is 1. The second kappa shape index (κ2) is 10.5. The van der Waals surface area contributed by atoms with E-state index in [1.54, 1.807) is 0 Å². The van der Waals surface area contributed by atoms with Crippen molar-refractivity contribution in [3.05, 3.63) is 60.1 Å². The number of aromatic nitrogens is 3. The van der Waals surface area contributed by atoms with Crippen LogP contribution in [0.25, 0.3) is 11.5 Å². The maximum atomic E-state index is 9.10. The first kappa shape index (κ1) is 22.9. The summed E-state index contributed by atoms with van der Waals surface area (Å²) in [5.74, 6) is -1.35. The van der Waals surface area contributed by atoms with Crippen LogP contribution in [0.2, 0.25) is 0 Å². The van der Waals surface area contributed by atoms with Crippen molar-refractivity contribution in [3.63, 3.8) is 0 Å². The molecule has 1 aliphatic rings. The Hall–Kier alpha value is -3.79. The third kappa shape index (κ3) is 5.88. The maximum absolute atomic E-state index is 9.10. The van der Waals surface area contributed by atoms with Gasteiger partial charge in [0.2, 0.25) is 11.8 Å². The molecule has 1 atom stereocenters. The predicted octanol–water partition coefficient (Wildman–Crippen LogP) is 2.48. The summed E-state index contributed by atoms with van der Waals surface area (Å²) in [5, 5.41) is 23.3. The van der Waals surface area contributed by atoms with Crippen molar-refractivity contribution in [2.24, 2.45) is 0 Å². The van der Waals surface area contributed by atoms with Crippen LogP contribution >= 0.6 is 0 Å². The molecule has 4 rings (SSSR count). The van der Waals surface area contributed by atoms with Gasteiger partial charge in [0.1, 0.15) is 5.82 Å². The minimum absolute atomic E-state index is 0.104. The fraction of sp³-hybridized carbons (Fsp3) is 0.318. The fourth-order valence-corrected chi connectivity index (χ4v) is 3.25. The largest absolute Gasteiger partial charge is 0.473 e. The van der Waals surface area contributed by atoms with Gasteiger partial charge in [0.05, 0.1) is 6.04 Å². The van der Waals surface area contributed by atoms with Crippen LogP contribution in [0.5, 0.6) is 0 Å². The first-order chi connectivity index (χ1) is 15.3. The first-order valence-corrected chi connectivity index (χ1v) is 10.1. The van der Waals surface area contributed by atoms with Gasteiger partial charge in [-0.15, -0.1) is 10.2 Å². The molecule has 0 radical (unpaired) electrons. The number of carbonyl (C=O) groups is 2. The Morgan fingerprint density at radius 1 is 0.969 bits per heavy atom. The van der Waals surface area contributed by atoms with Crippen molar-refractivity contribution in [2.45, 2.75) is 19.9 Å². The minimum Gasteiger partial charge on any atom is -0.473 e. The Labute approximate surface area is 185 Å². The molecule has 1 unspecified atom stereocenters. The van der Waals surface area contributed by atoms with Crippen LogP contribution in [0.3, 0.4) is 0 Å². The number of anilines is 1. The van der Waals surface area contributed by atoms with Crippen LogP contribution in [0.4, 0.5) is 5.82 Å². The van der Waals surface area contributed by atoms with Gasteiger partial charge < -0.3 is 19.5 Å². The number of carboxylic acids is 2. The van der Waals surface area contributed by atoms with E-state index in [2.05, 4.69) is 57.0 Å². The number of benzene rings is 1. The van der Waals surface area contributed by atoms with Gasteiger partial charge in [0, 0.05) is 37.9 Å². The zero-order valence-electron chi connectivity index (χ0n) is 17.9. The van der Waals surface area contributed by atoms with Gasteiger partial charge >= 0.3 is 11.9 Å². The zero-order valence-corrected chi connectivity index (χ0v) is 17.9. The van der Waals surface area contributed by atoms with E-state index in [-0.39, 0.29) is 6.04 Å². The summed E-state index contributed by atoms with van der Waals surface area (Å²) in [6, 6.07) is 14.3. The Morgan fingerprint density at radius 2 is 1.62 bits per heavy atom. The quantitative estimate of drug-likeness (QED) is 0.584. The van der Waals surface area contributed by atoms with Crippen LogP contribution < -0.4 is 4.90 Å². The molecule has 10 heteroatoms. The van der Waals surface area contributed by atoms with Crippen molar-refractivity contribution in [2.75, 3.05) is 31.1 Å². The molecule has 2 aromatic heterocycles. The van der Waals surface area contributed by atoms with E-state index in [1.807, 2.05) is 30.5 Å². The number of nitrogens with zero attached hydrogens (tertiary/aromatic N) is 5. The average Bonchev–Trinajstić information content (AvgIpc) is 3.30. The van der Waals surface area contributed by atoms with Crippen molar-refractivity contribution in [1.29, 1.82) is 0 Å². The molecule has 1 aromatic carbocycles. The van der Waals surface area contributed by atoms with Gasteiger partial charge in [-0.3, -0.25) is 4.90 Å². The lowest BCUT2D eigenvalue weighted by molar-refractivity contribution is -0.159. The molecule has 0 bridgehead atoms. The summed E-state index contributed by atoms with van der Waals surface area (Å²) in [4.78, 5) is 27.3. The number of rotatable bonds is 4. The van der Waals surface area contributed by atoms with Gasteiger partial charge in [-0.2, -0.15) is 0 Å². The highest BCUT2D eigenvalue weighted by Gasteiger charge is 2.26. The molecule has 2 N–H and O–H groups in total. The minimum atomic E-state index is -1.82. The molecule has 1 fully saturated rings. The molecular formula is C22H25N5O5. The number of carboxylic acid groups (broad SMARTS) is 2. The van der Waals surface area contributed by atoms with Gasteiger partial charge in [-0.25, -0.2) is 14.6 Å². The smallest absolute Gasteiger partial charge is 0.414 e.